The molecule has 1 heterocycles. The highest BCUT2D eigenvalue weighted by molar-refractivity contribution is 6.33. The zero-order chi connectivity index (χ0) is 11.5. The van der Waals surface area contributed by atoms with Crippen molar-refractivity contribution in [3.8, 4) is 18.1 Å². The number of anilines is 2. The summed E-state index contributed by atoms with van der Waals surface area (Å²) in [4.78, 5) is 11.1. The lowest BCUT2D eigenvalue weighted by Crippen LogP contribution is -2.25. The lowest BCUT2D eigenvalue weighted by atomic mass is 10.2. The maximum Gasteiger partial charge on any atom is 0.262 e. The molecule has 5 heteroatoms. The van der Waals surface area contributed by atoms with E-state index in [1.807, 2.05) is 0 Å². The lowest BCUT2D eigenvalue weighted by Gasteiger charge is -2.19. The van der Waals surface area contributed by atoms with Gasteiger partial charge >= 0.3 is 0 Å². The van der Waals surface area contributed by atoms with Gasteiger partial charge in [-0.3, -0.25) is 4.79 Å². The molecule has 1 aliphatic rings. The molecule has 0 radical (unpaired) electrons. The molecule has 0 bridgehead atoms. The molecule has 1 aliphatic heterocycles. The Morgan fingerprint density at radius 1 is 1.62 bits per heavy atom. The third-order valence-electron chi connectivity index (χ3n) is 2.08. The van der Waals surface area contributed by atoms with E-state index in [1.165, 1.54) is 0 Å². The third kappa shape index (κ3) is 2.05. The highest BCUT2D eigenvalue weighted by Gasteiger charge is 2.17. The highest BCUT2D eigenvalue weighted by atomic mass is 35.5. The Morgan fingerprint density at radius 2 is 2.44 bits per heavy atom. The monoisotopic (exact) mass is 236 g/mol. The van der Waals surface area contributed by atoms with Crippen molar-refractivity contribution in [3.63, 3.8) is 0 Å². The first-order valence-electron chi connectivity index (χ1n) is 4.64. The van der Waals surface area contributed by atoms with Gasteiger partial charge in [-0.15, -0.1) is 6.42 Å². The van der Waals surface area contributed by atoms with Crippen LogP contribution in [-0.4, -0.2) is 19.1 Å². The van der Waals surface area contributed by atoms with Crippen molar-refractivity contribution in [1.82, 2.24) is 0 Å². The van der Waals surface area contributed by atoms with Crippen molar-refractivity contribution in [2.75, 3.05) is 23.8 Å². The van der Waals surface area contributed by atoms with E-state index in [1.54, 1.807) is 12.1 Å². The third-order valence-corrected chi connectivity index (χ3v) is 2.40. The molecule has 0 aliphatic carbocycles. The molecule has 0 spiro atoms. The van der Waals surface area contributed by atoms with Gasteiger partial charge in [-0.1, -0.05) is 17.5 Å². The summed E-state index contributed by atoms with van der Waals surface area (Å²) >= 11 is 6.01. The minimum Gasteiger partial charge on any atom is -0.482 e. The van der Waals surface area contributed by atoms with Gasteiger partial charge in [0.1, 0.15) is 5.75 Å². The van der Waals surface area contributed by atoms with E-state index in [9.17, 15) is 4.79 Å². The normalized spacial score (nSPS) is 13.1. The number of nitrogens with one attached hydrogen (secondary N) is 2. The van der Waals surface area contributed by atoms with Crippen LogP contribution >= 0.6 is 11.6 Å². The van der Waals surface area contributed by atoms with Gasteiger partial charge in [0.05, 0.1) is 22.9 Å². The Hall–Kier alpha value is -1.86. The SMILES string of the molecule is C#CCNc1cc2c(cc1Cl)NC(=O)CO2. The largest absolute Gasteiger partial charge is 0.482 e. The predicted octanol–water partition coefficient (Wildman–Crippen LogP) is 1.72. The Morgan fingerprint density at radius 3 is 3.19 bits per heavy atom. The number of amides is 1. The molecule has 0 saturated carbocycles. The first kappa shape index (κ1) is 10.7. The standard InChI is InChI=1S/C11H9ClN2O2/c1-2-3-13-8-5-10-9(4-7(8)12)14-11(15)6-16-10/h1,4-5,13H,3,6H2,(H,14,15). The van der Waals surface area contributed by atoms with Crippen LogP contribution in [-0.2, 0) is 4.79 Å². The van der Waals surface area contributed by atoms with Crippen LogP contribution in [0.5, 0.6) is 5.75 Å². The molecular formula is C11H9ClN2O2. The van der Waals surface area contributed by atoms with E-state index in [0.29, 0.717) is 28.7 Å². The summed E-state index contributed by atoms with van der Waals surface area (Å²) in [5.74, 6) is 2.85. The maximum atomic E-state index is 11.1. The van der Waals surface area contributed by atoms with Gasteiger partial charge in [0.15, 0.2) is 6.61 Å². The van der Waals surface area contributed by atoms with Crippen molar-refractivity contribution in [3.05, 3.63) is 17.2 Å². The molecule has 4 nitrogen and oxygen atoms in total. The summed E-state index contributed by atoms with van der Waals surface area (Å²) in [6, 6.07) is 3.35. The number of ether oxygens (including phenoxy) is 1. The number of benzene rings is 1. The molecule has 0 aromatic heterocycles. The fourth-order valence-electron chi connectivity index (χ4n) is 1.38. The van der Waals surface area contributed by atoms with E-state index >= 15 is 0 Å². The van der Waals surface area contributed by atoms with Gasteiger partial charge in [0, 0.05) is 6.07 Å². The van der Waals surface area contributed by atoms with E-state index in [2.05, 4.69) is 16.6 Å². The van der Waals surface area contributed by atoms with Crippen molar-refractivity contribution >= 4 is 28.9 Å². The summed E-state index contributed by atoms with van der Waals surface area (Å²) in [5.41, 5.74) is 1.27. The van der Waals surface area contributed by atoms with Gasteiger partial charge in [0.2, 0.25) is 0 Å². The van der Waals surface area contributed by atoms with E-state index < -0.39 is 0 Å². The first-order valence-corrected chi connectivity index (χ1v) is 5.02. The number of terminal acetylenes is 1. The summed E-state index contributed by atoms with van der Waals surface area (Å²) in [6.45, 7) is 0.397. The van der Waals surface area contributed by atoms with Crippen LogP contribution in [0.2, 0.25) is 5.02 Å². The minimum atomic E-state index is -0.187. The summed E-state index contributed by atoms with van der Waals surface area (Å²) < 4.78 is 5.25. The molecule has 0 fully saturated rings. The van der Waals surface area contributed by atoms with Crippen molar-refractivity contribution in [1.29, 1.82) is 0 Å². The molecular weight excluding hydrogens is 228 g/mol. The Bertz CT molecular complexity index is 480. The summed E-state index contributed by atoms with van der Waals surface area (Å²) in [7, 11) is 0. The summed E-state index contributed by atoms with van der Waals surface area (Å²) in [6.07, 6.45) is 5.14. The molecule has 0 unspecified atom stereocenters. The van der Waals surface area contributed by atoms with Crippen LogP contribution in [0, 0.1) is 12.3 Å². The van der Waals surface area contributed by atoms with Crippen LogP contribution < -0.4 is 15.4 Å². The van der Waals surface area contributed by atoms with Gasteiger partial charge in [-0.2, -0.15) is 0 Å². The molecule has 82 valence electrons. The molecule has 2 N–H and O–H groups in total. The molecule has 0 saturated heterocycles. The van der Waals surface area contributed by atoms with Crippen molar-refractivity contribution in [2.24, 2.45) is 0 Å². The number of fused-ring (bicyclic) bond motifs is 1. The number of carbonyl (C=O) groups is 1. The second-order valence-electron chi connectivity index (χ2n) is 3.22. The molecule has 2 rings (SSSR count). The molecule has 0 atom stereocenters. The number of carbonyl (C=O) groups excluding carboxylic acids is 1. The fourth-order valence-corrected chi connectivity index (χ4v) is 1.61. The lowest BCUT2D eigenvalue weighted by molar-refractivity contribution is -0.118. The number of hydrogen-bond donors (Lipinski definition) is 2. The molecule has 1 aromatic rings. The van der Waals surface area contributed by atoms with Gasteiger partial charge in [-0.05, 0) is 6.07 Å². The van der Waals surface area contributed by atoms with E-state index in [4.69, 9.17) is 22.8 Å². The van der Waals surface area contributed by atoms with Crippen LogP contribution in [0.3, 0.4) is 0 Å². The second-order valence-corrected chi connectivity index (χ2v) is 3.63. The Kier molecular flexibility index (Phi) is 2.88. The van der Waals surface area contributed by atoms with Crippen molar-refractivity contribution < 1.29 is 9.53 Å². The quantitative estimate of drug-likeness (QED) is 0.769. The molecule has 16 heavy (non-hydrogen) atoms. The second kappa shape index (κ2) is 4.33. The van der Waals surface area contributed by atoms with Crippen LogP contribution in [0.1, 0.15) is 0 Å². The molecule has 1 aromatic carbocycles. The minimum absolute atomic E-state index is 0.0171. The van der Waals surface area contributed by atoms with Crippen LogP contribution in [0.15, 0.2) is 12.1 Å². The molecule has 1 amide bonds. The topological polar surface area (TPSA) is 50.4 Å². The summed E-state index contributed by atoms with van der Waals surface area (Å²) in [5, 5.41) is 6.12. The van der Waals surface area contributed by atoms with Crippen LogP contribution in [0.25, 0.3) is 0 Å². The Balaban J connectivity index is 2.31. The predicted molar refractivity (Wildman–Crippen MR) is 62.9 cm³/mol. The highest BCUT2D eigenvalue weighted by Crippen LogP contribution is 2.36. The number of halogens is 1. The average molecular weight is 237 g/mol. The fraction of sp³-hybridized carbons (Fsp3) is 0.182. The first-order chi connectivity index (χ1) is 7.70. The number of hydrogen-bond acceptors (Lipinski definition) is 3. The van der Waals surface area contributed by atoms with E-state index in [-0.39, 0.29) is 12.5 Å². The van der Waals surface area contributed by atoms with Gasteiger partial charge < -0.3 is 15.4 Å². The van der Waals surface area contributed by atoms with E-state index in [0.717, 1.165) is 0 Å². The van der Waals surface area contributed by atoms with Gasteiger partial charge in [-0.25, -0.2) is 0 Å². The smallest absolute Gasteiger partial charge is 0.262 e. The zero-order valence-electron chi connectivity index (χ0n) is 8.34. The Labute approximate surface area is 97.9 Å². The average Bonchev–Trinajstić information content (AvgIpc) is 2.26. The van der Waals surface area contributed by atoms with Crippen LogP contribution in [0.4, 0.5) is 11.4 Å². The van der Waals surface area contributed by atoms with Gasteiger partial charge in [0.25, 0.3) is 5.91 Å². The zero-order valence-corrected chi connectivity index (χ0v) is 9.10. The maximum absolute atomic E-state index is 11.1. The van der Waals surface area contributed by atoms with Crippen molar-refractivity contribution in [2.45, 2.75) is 0 Å². The number of rotatable bonds is 2.